The van der Waals surface area contributed by atoms with Crippen LogP contribution in [0.1, 0.15) is 12.0 Å². The van der Waals surface area contributed by atoms with E-state index >= 15 is 0 Å². The van der Waals surface area contributed by atoms with Crippen molar-refractivity contribution < 1.29 is 14.3 Å². The van der Waals surface area contributed by atoms with E-state index in [-0.39, 0.29) is 24.8 Å². The van der Waals surface area contributed by atoms with Crippen molar-refractivity contribution in [3.05, 3.63) is 29.6 Å². The van der Waals surface area contributed by atoms with E-state index in [4.69, 9.17) is 5.11 Å². The van der Waals surface area contributed by atoms with Crippen molar-refractivity contribution in [2.45, 2.75) is 12.8 Å². The number of benzene rings is 1. The highest BCUT2D eigenvalue weighted by Crippen LogP contribution is 2.29. The first-order chi connectivity index (χ1) is 7.22. The number of hydrogen-bond acceptors (Lipinski definition) is 2. The van der Waals surface area contributed by atoms with Crippen molar-refractivity contribution >= 4 is 11.6 Å². The van der Waals surface area contributed by atoms with Gasteiger partial charge in [0.1, 0.15) is 5.82 Å². The Labute approximate surface area is 87.1 Å². The zero-order valence-corrected chi connectivity index (χ0v) is 8.24. The summed E-state index contributed by atoms with van der Waals surface area (Å²) in [6.45, 7) is 0.550. The number of carbonyl (C=O) groups excluding carboxylic acids is 1. The second-order valence-electron chi connectivity index (χ2n) is 3.57. The largest absolute Gasteiger partial charge is 0.396 e. The van der Waals surface area contributed by atoms with Crippen LogP contribution in [-0.2, 0) is 11.2 Å². The number of aliphatic hydroxyl groups is 1. The highest BCUT2D eigenvalue weighted by Gasteiger charge is 2.26. The Morgan fingerprint density at radius 2 is 2.27 bits per heavy atom. The van der Waals surface area contributed by atoms with Gasteiger partial charge in [-0.15, -0.1) is 0 Å². The molecule has 1 N–H and O–H groups in total. The van der Waals surface area contributed by atoms with Gasteiger partial charge in [0.25, 0.3) is 0 Å². The van der Waals surface area contributed by atoms with Crippen LogP contribution < -0.4 is 4.90 Å². The van der Waals surface area contributed by atoms with Gasteiger partial charge in [-0.05, 0) is 30.2 Å². The summed E-state index contributed by atoms with van der Waals surface area (Å²) in [5.74, 6) is -0.338. The Balaban J connectivity index is 2.25. The second kappa shape index (κ2) is 3.98. The lowest BCUT2D eigenvalue weighted by Gasteiger charge is -2.16. The van der Waals surface area contributed by atoms with Crippen LogP contribution in [-0.4, -0.2) is 24.2 Å². The van der Waals surface area contributed by atoms with E-state index in [0.29, 0.717) is 13.0 Å². The number of amides is 1. The molecule has 15 heavy (non-hydrogen) atoms. The van der Waals surface area contributed by atoms with Crippen LogP contribution in [0.2, 0.25) is 0 Å². The van der Waals surface area contributed by atoms with Gasteiger partial charge in [-0.2, -0.15) is 0 Å². The Hall–Kier alpha value is -1.42. The first kappa shape index (κ1) is 10.1. The lowest BCUT2D eigenvalue weighted by molar-refractivity contribution is -0.117. The lowest BCUT2D eigenvalue weighted by Crippen LogP contribution is -2.28. The standard InChI is InChI=1S/C11H12FNO2/c12-9-2-3-10-8(6-9)7-11(15)13(10)4-1-5-14/h2-3,6,14H,1,4-5,7H2. The van der Waals surface area contributed by atoms with Crippen molar-refractivity contribution in [2.24, 2.45) is 0 Å². The van der Waals surface area contributed by atoms with E-state index in [0.717, 1.165) is 11.3 Å². The molecule has 0 bridgehead atoms. The summed E-state index contributed by atoms with van der Waals surface area (Å²) in [4.78, 5) is 13.2. The molecule has 80 valence electrons. The van der Waals surface area contributed by atoms with Crippen molar-refractivity contribution in [1.82, 2.24) is 0 Å². The topological polar surface area (TPSA) is 40.5 Å². The molecule has 1 amide bonds. The van der Waals surface area contributed by atoms with Gasteiger partial charge in [-0.25, -0.2) is 4.39 Å². The molecular weight excluding hydrogens is 197 g/mol. The highest BCUT2D eigenvalue weighted by molar-refractivity contribution is 6.01. The van der Waals surface area contributed by atoms with Gasteiger partial charge in [0, 0.05) is 18.8 Å². The van der Waals surface area contributed by atoms with Crippen molar-refractivity contribution in [2.75, 3.05) is 18.1 Å². The van der Waals surface area contributed by atoms with Crippen LogP contribution in [0, 0.1) is 5.82 Å². The third-order valence-corrected chi connectivity index (χ3v) is 2.51. The maximum absolute atomic E-state index is 12.9. The molecule has 1 aliphatic heterocycles. The monoisotopic (exact) mass is 209 g/mol. The van der Waals surface area contributed by atoms with Crippen molar-refractivity contribution in [3.63, 3.8) is 0 Å². The van der Waals surface area contributed by atoms with Crippen LogP contribution in [0.5, 0.6) is 0 Å². The molecule has 1 heterocycles. The Morgan fingerprint density at radius 1 is 1.47 bits per heavy atom. The molecule has 0 atom stereocenters. The molecule has 1 aromatic carbocycles. The molecule has 0 aromatic heterocycles. The number of hydrogen-bond donors (Lipinski definition) is 1. The average Bonchev–Trinajstić information content (AvgIpc) is 2.50. The number of carbonyl (C=O) groups is 1. The van der Waals surface area contributed by atoms with Crippen molar-refractivity contribution in [1.29, 1.82) is 0 Å². The summed E-state index contributed by atoms with van der Waals surface area (Å²) in [6, 6.07) is 4.36. The van der Waals surface area contributed by atoms with Gasteiger partial charge in [-0.3, -0.25) is 4.79 Å². The van der Waals surface area contributed by atoms with Crippen LogP contribution in [0.4, 0.5) is 10.1 Å². The summed E-state index contributed by atoms with van der Waals surface area (Å²) in [6.07, 6.45) is 0.807. The summed E-state index contributed by atoms with van der Waals surface area (Å²) < 4.78 is 12.9. The minimum absolute atomic E-state index is 0.0240. The molecular formula is C11H12FNO2. The quantitative estimate of drug-likeness (QED) is 0.809. The third kappa shape index (κ3) is 1.85. The number of rotatable bonds is 3. The SMILES string of the molecule is O=C1Cc2cc(F)ccc2N1CCCO. The van der Waals surface area contributed by atoms with Crippen LogP contribution in [0.3, 0.4) is 0 Å². The smallest absolute Gasteiger partial charge is 0.231 e. The number of halogens is 1. The Kier molecular flexibility index (Phi) is 2.68. The molecule has 0 unspecified atom stereocenters. The van der Waals surface area contributed by atoms with Crippen LogP contribution >= 0.6 is 0 Å². The summed E-state index contributed by atoms with van der Waals surface area (Å²) in [5.41, 5.74) is 1.51. The zero-order valence-electron chi connectivity index (χ0n) is 8.24. The maximum Gasteiger partial charge on any atom is 0.231 e. The minimum atomic E-state index is -0.314. The zero-order chi connectivity index (χ0) is 10.8. The van der Waals surface area contributed by atoms with E-state index in [9.17, 15) is 9.18 Å². The summed E-state index contributed by atoms with van der Waals surface area (Å²) >= 11 is 0. The van der Waals surface area contributed by atoms with Crippen molar-refractivity contribution in [3.8, 4) is 0 Å². The van der Waals surface area contributed by atoms with E-state index in [1.807, 2.05) is 0 Å². The predicted octanol–water partition coefficient (Wildman–Crippen LogP) is 1.10. The number of fused-ring (bicyclic) bond motifs is 1. The molecule has 0 saturated carbocycles. The van der Waals surface area contributed by atoms with E-state index in [2.05, 4.69) is 0 Å². The van der Waals surface area contributed by atoms with E-state index < -0.39 is 0 Å². The molecule has 1 aromatic rings. The highest BCUT2D eigenvalue weighted by atomic mass is 19.1. The van der Waals surface area contributed by atoms with Gasteiger partial charge in [0.15, 0.2) is 0 Å². The van der Waals surface area contributed by atoms with Crippen LogP contribution in [0.25, 0.3) is 0 Å². The second-order valence-corrected chi connectivity index (χ2v) is 3.57. The normalized spacial score (nSPS) is 14.5. The minimum Gasteiger partial charge on any atom is -0.396 e. The van der Waals surface area contributed by atoms with E-state index in [1.165, 1.54) is 12.1 Å². The predicted molar refractivity (Wildman–Crippen MR) is 54.2 cm³/mol. The number of nitrogens with zero attached hydrogens (tertiary/aromatic N) is 1. The van der Waals surface area contributed by atoms with Gasteiger partial charge >= 0.3 is 0 Å². The van der Waals surface area contributed by atoms with Gasteiger partial charge in [0.2, 0.25) is 5.91 Å². The molecule has 0 spiro atoms. The molecule has 0 aliphatic carbocycles. The number of aliphatic hydroxyl groups excluding tert-OH is 1. The number of anilines is 1. The van der Waals surface area contributed by atoms with Crippen LogP contribution in [0.15, 0.2) is 18.2 Å². The Morgan fingerprint density at radius 3 is 3.00 bits per heavy atom. The fourth-order valence-electron chi connectivity index (χ4n) is 1.83. The summed E-state index contributed by atoms with van der Waals surface area (Å²) in [7, 11) is 0. The lowest BCUT2D eigenvalue weighted by atomic mass is 10.1. The molecule has 4 heteroatoms. The van der Waals surface area contributed by atoms with Gasteiger partial charge in [0.05, 0.1) is 6.42 Å². The van der Waals surface area contributed by atoms with Gasteiger partial charge in [-0.1, -0.05) is 0 Å². The average molecular weight is 209 g/mol. The first-order valence-corrected chi connectivity index (χ1v) is 4.92. The molecule has 1 aliphatic rings. The third-order valence-electron chi connectivity index (χ3n) is 2.51. The Bertz CT molecular complexity index is 392. The maximum atomic E-state index is 12.9. The first-order valence-electron chi connectivity index (χ1n) is 4.92. The van der Waals surface area contributed by atoms with Gasteiger partial charge < -0.3 is 10.0 Å². The molecule has 2 rings (SSSR count). The molecule has 0 fully saturated rings. The summed E-state index contributed by atoms with van der Waals surface area (Å²) in [5, 5.41) is 8.71. The fraction of sp³-hybridized carbons (Fsp3) is 0.364. The fourth-order valence-corrected chi connectivity index (χ4v) is 1.83. The molecule has 0 saturated heterocycles. The van der Waals surface area contributed by atoms with E-state index in [1.54, 1.807) is 11.0 Å². The molecule has 0 radical (unpaired) electrons. The molecule has 3 nitrogen and oxygen atoms in total.